The third kappa shape index (κ3) is 57.9. The summed E-state index contributed by atoms with van der Waals surface area (Å²) >= 11 is 0. The molecule has 0 aromatic heterocycles. The average Bonchev–Trinajstić information content (AvgIpc) is 0.795. The molecule has 3 heterocycles. The van der Waals surface area contributed by atoms with Gasteiger partial charge in [0.1, 0.15) is 94.2 Å². The summed E-state index contributed by atoms with van der Waals surface area (Å²) in [6.45, 7) is 12.1. The number of rotatable bonds is 79. The van der Waals surface area contributed by atoms with E-state index in [4.69, 9.17) is 114 Å². The molecule has 822 valence electrons. The number of ether oxygens (including phenoxy) is 24. The van der Waals surface area contributed by atoms with Crippen LogP contribution < -0.4 is 47.9 Å². The molecule has 0 bridgehead atoms. The van der Waals surface area contributed by atoms with Gasteiger partial charge in [-0.1, -0.05) is 32.6 Å². The molecule has 18 atom stereocenters. The Bertz CT molecular complexity index is 3890. The van der Waals surface area contributed by atoms with E-state index in [1.807, 2.05) is 0 Å². The van der Waals surface area contributed by atoms with Gasteiger partial charge in [-0.3, -0.25) is 86.3 Å². The highest BCUT2D eigenvalue weighted by Crippen LogP contribution is 2.32. The molecule has 10 N–H and O–H groups in total. The first-order chi connectivity index (χ1) is 68.8. The number of carbonyl (C=O) groups excluding carboxylic acids is 18. The van der Waals surface area contributed by atoms with Crippen LogP contribution in [0.3, 0.4) is 0 Å². The van der Waals surface area contributed by atoms with E-state index < -0.39 is 237 Å². The van der Waals surface area contributed by atoms with E-state index in [1.165, 1.54) is 20.8 Å². The molecule has 144 heavy (non-hydrogen) atoms. The second-order valence-electron chi connectivity index (χ2n) is 33.0. The number of nitrogens with one attached hydrogen (secondary N) is 9. The van der Waals surface area contributed by atoms with Crippen LogP contribution >= 0.6 is 0 Å². The van der Waals surface area contributed by atoms with E-state index in [-0.39, 0.29) is 216 Å². The molecule has 3 rings (SSSR count). The maximum absolute atomic E-state index is 14.6. The minimum atomic E-state index is -1.45. The Morgan fingerprint density at radius 1 is 0.306 bits per heavy atom. The lowest BCUT2D eigenvalue weighted by Gasteiger charge is -2.44. The molecule has 3 aliphatic rings. The monoisotopic (exact) mass is 2070 g/mol. The van der Waals surface area contributed by atoms with Crippen LogP contribution in [-0.2, 0) is 205 Å². The van der Waals surface area contributed by atoms with Crippen LogP contribution in [0.1, 0.15) is 179 Å². The van der Waals surface area contributed by atoms with E-state index in [1.54, 1.807) is 0 Å². The Morgan fingerprint density at radius 3 is 0.903 bits per heavy atom. The number of amides is 9. The Balaban J connectivity index is 1.67. The van der Waals surface area contributed by atoms with Crippen molar-refractivity contribution in [2.75, 3.05) is 178 Å². The van der Waals surface area contributed by atoms with Crippen LogP contribution in [0.5, 0.6) is 0 Å². The molecule has 0 aliphatic carbocycles. The van der Waals surface area contributed by atoms with Gasteiger partial charge in [0.15, 0.2) is 55.5 Å². The summed E-state index contributed by atoms with van der Waals surface area (Å²) in [5.74, 6) is -12.8. The van der Waals surface area contributed by atoms with E-state index in [2.05, 4.69) is 54.8 Å². The molecule has 0 saturated carbocycles. The maximum atomic E-state index is 14.6. The van der Waals surface area contributed by atoms with Crippen molar-refractivity contribution in [3.63, 3.8) is 0 Å². The van der Waals surface area contributed by atoms with Gasteiger partial charge in [0.05, 0.1) is 119 Å². The van der Waals surface area contributed by atoms with Gasteiger partial charge in [-0.05, 0) is 64.2 Å². The van der Waals surface area contributed by atoms with Crippen LogP contribution in [0.2, 0.25) is 0 Å². The zero-order valence-electron chi connectivity index (χ0n) is 84.2. The van der Waals surface area contributed by atoms with E-state index in [0.717, 1.165) is 87.5 Å². The minimum Gasteiger partial charge on any atom is -0.480 e. The van der Waals surface area contributed by atoms with E-state index in [0.29, 0.717) is 12.8 Å². The number of unbranched alkanes of at least 4 members (excludes halogenated alkanes) is 7. The van der Waals surface area contributed by atoms with Crippen molar-refractivity contribution in [1.82, 2.24) is 47.9 Å². The topological polar surface area (TPSA) is 674 Å². The Kier molecular flexibility index (Phi) is 67.3. The average molecular weight is 2070 g/mol. The first-order valence-electron chi connectivity index (χ1n) is 47.9. The normalized spacial score (nSPS) is 21.2. The van der Waals surface area contributed by atoms with Gasteiger partial charge >= 0.3 is 53.7 Å². The van der Waals surface area contributed by atoms with Gasteiger partial charge in [0.2, 0.25) is 53.2 Å². The smallest absolute Gasteiger partial charge is 0.326 e. The number of esters is 8. The summed E-state index contributed by atoms with van der Waals surface area (Å²) in [5, 5.41) is 34.3. The molecule has 3 aliphatic heterocycles. The number of hydrogen-bond acceptors (Lipinski definition) is 43. The number of aliphatic carboxylic acids is 1. The standard InChI is InChI=1S/C91H149N9O44/c1-13-14-15-16-17-27-73(113)92-28-23-20-26-69(88(119)120)100-87(118)68(25-19-22-30-94-75(115)53-128-41-38-122-32-35-126-45-48-133-91-79(97-58(4)104)85(141-66(12)112)82(138-63(9)109)72(144-91)51-135-60(6)106)99-86(117)67(98-76(116)54-129-42-39-123-33-36-124-43-46-131-89-77(95-56(2)102)83(139-64(10)110)80(136-61(7)107)70(142-89)49-130-55-101)24-18-21-29-93-74(114)52-127-40-37-121-31-34-125-44-47-132-90-78(96-57(3)103)84(140-65(11)111)81(137-62(8)108)71(143-90)50-134-59(5)105/h55,67-72,77-85,89-91H,13-54H2,1-12H3,(H,92,113)(H,93,114)(H,94,115)(H,95,102)(H,96,103)(H,97,104)(H,98,116)(H,99,117)(H,100,118)(H,119,120). The molecule has 9 amide bonds. The largest absolute Gasteiger partial charge is 0.480 e. The second-order valence-corrected chi connectivity index (χ2v) is 33.0. The minimum absolute atomic E-state index is 0.00871. The third-order valence-electron chi connectivity index (χ3n) is 20.7. The van der Waals surface area contributed by atoms with Crippen LogP contribution in [0.4, 0.5) is 0 Å². The van der Waals surface area contributed by atoms with Crippen LogP contribution in [-0.4, -0.2) is 407 Å². The number of carboxylic acid groups (broad SMARTS) is 1. The molecule has 3 saturated heterocycles. The number of carbonyl (C=O) groups is 19. The number of hydrogen-bond donors (Lipinski definition) is 10. The first-order valence-corrected chi connectivity index (χ1v) is 47.9. The quantitative estimate of drug-likeness (QED) is 0.0130. The molecular formula is C91H149N9O44. The highest BCUT2D eigenvalue weighted by Gasteiger charge is 2.55. The summed E-state index contributed by atoms with van der Waals surface area (Å²) in [4.78, 5) is 238. The van der Waals surface area contributed by atoms with Crippen LogP contribution in [0, 0.1) is 0 Å². The summed E-state index contributed by atoms with van der Waals surface area (Å²) in [5.41, 5.74) is 0. The summed E-state index contributed by atoms with van der Waals surface area (Å²) in [6.07, 6.45) is -9.11. The predicted octanol–water partition coefficient (Wildman–Crippen LogP) is -2.48. The maximum Gasteiger partial charge on any atom is 0.326 e. The fourth-order valence-corrected chi connectivity index (χ4v) is 14.5. The van der Waals surface area contributed by atoms with Crippen molar-refractivity contribution in [3.8, 4) is 0 Å². The van der Waals surface area contributed by atoms with Crippen molar-refractivity contribution in [1.29, 1.82) is 0 Å². The number of carboxylic acids is 1. The fraction of sp³-hybridized carbons (Fsp3) is 0.791. The van der Waals surface area contributed by atoms with Crippen LogP contribution in [0.25, 0.3) is 0 Å². The van der Waals surface area contributed by atoms with Gasteiger partial charge in [-0.15, -0.1) is 0 Å². The van der Waals surface area contributed by atoms with Gasteiger partial charge in [0, 0.05) is 102 Å². The van der Waals surface area contributed by atoms with Gasteiger partial charge in [-0.2, -0.15) is 0 Å². The van der Waals surface area contributed by atoms with Crippen molar-refractivity contribution in [3.05, 3.63) is 0 Å². The molecule has 0 aromatic rings. The summed E-state index contributed by atoms with van der Waals surface area (Å²) in [7, 11) is 0. The highest BCUT2D eigenvalue weighted by molar-refractivity contribution is 5.93. The lowest BCUT2D eigenvalue weighted by Crippen LogP contribution is -2.66. The summed E-state index contributed by atoms with van der Waals surface area (Å²) < 4.78 is 133. The Labute approximate surface area is 835 Å². The molecule has 53 nitrogen and oxygen atoms in total. The zero-order chi connectivity index (χ0) is 107. The molecule has 53 heteroatoms. The summed E-state index contributed by atoms with van der Waals surface area (Å²) in [6, 6.07) is -7.81. The first kappa shape index (κ1) is 127. The predicted molar refractivity (Wildman–Crippen MR) is 490 cm³/mol. The van der Waals surface area contributed by atoms with Crippen LogP contribution in [0.15, 0.2) is 0 Å². The molecule has 18 unspecified atom stereocenters. The zero-order valence-corrected chi connectivity index (χ0v) is 84.2. The molecular weight excluding hydrogens is 1920 g/mol. The van der Waals surface area contributed by atoms with Gasteiger partial charge < -0.3 is 167 Å². The van der Waals surface area contributed by atoms with Gasteiger partial charge in [0.25, 0.3) is 6.47 Å². The fourth-order valence-electron chi connectivity index (χ4n) is 14.5. The van der Waals surface area contributed by atoms with E-state index >= 15 is 0 Å². The van der Waals surface area contributed by atoms with Gasteiger partial charge in [-0.25, -0.2) is 4.79 Å². The van der Waals surface area contributed by atoms with Crippen molar-refractivity contribution in [2.45, 2.75) is 289 Å². The van der Waals surface area contributed by atoms with Crippen molar-refractivity contribution < 1.29 is 210 Å². The lowest BCUT2D eigenvalue weighted by atomic mass is 9.96. The molecule has 0 aromatic carbocycles. The Morgan fingerprint density at radius 2 is 0.590 bits per heavy atom. The molecule has 0 radical (unpaired) electrons. The Hall–Kier alpha value is -10.7. The third-order valence-corrected chi connectivity index (χ3v) is 20.7. The van der Waals surface area contributed by atoms with Crippen molar-refractivity contribution >= 4 is 113 Å². The molecule has 3 fully saturated rings. The van der Waals surface area contributed by atoms with Crippen molar-refractivity contribution in [2.24, 2.45) is 0 Å². The van der Waals surface area contributed by atoms with E-state index in [9.17, 15) is 96.2 Å². The SMILES string of the molecule is CCCCCCCC(=O)NCCCCC(NC(=O)C(CCCCNC(=O)COCCOCCOCCOC1OC(COC(C)=O)C(OC(C)=O)C(OC(C)=O)C1NC(C)=O)NC(=O)C(CCCCNC(=O)COCCOCCOCCOC1OC(COC(C)=O)C(OC(C)=O)C(OC(C)=O)C1NC(C)=O)NC(=O)COCCOCCOCCOC1OC(COC=O)C(OC(C)=O)C(OC(C)=O)C1NC(C)=O)C(=O)O. The second kappa shape index (κ2) is 76.0. The molecule has 0 spiro atoms. The highest BCUT2D eigenvalue weighted by atomic mass is 16.7. The lowest BCUT2D eigenvalue weighted by molar-refractivity contribution is -0.279.